The molecule has 2 N–H and O–H groups in total. The van der Waals surface area contributed by atoms with Gasteiger partial charge < -0.3 is 15.0 Å². The molecular weight excluding hydrogens is 270 g/mol. The van der Waals surface area contributed by atoms with E-state index in [1.54, 1.807) is 11.8 Å². The van der Waals surface area contributed by atoms with E-state index in [1.807, 2.05) is 18.2 Å². The van der Waals surface area contributed by atoms with E-state index in [2.05, 4.69) is 28.3 Å². The Bertz CT molecular complexity index is 518. The summed E-state index contributed by atoms with van der Waals surface area (Å²) in [6.45, 7) is 4.11. The molecule has 2 unspecified atom stereocenters. The number of rotatable bonds is 6. The van der Waals surface area contributed by atoms with E-state index in [9.17, 15) is 0 Å². The average Bonchev–Trinajstić information content (AvgIpc) is 3.11. The lowest BCUT2D eigenvalue weighted by atomic mass is 10.1. The fraction of sp³-hybridized carbons (Fsp3) is 0.533. The quantitative estimate of drug-likeness (QED) is 0.635. The van der Waals surface area contributed by atoms with Gasteiger partial charge in [-0.15, -0.1) is 0 Å². The highest BCUT2D eigenvalue weighted by atomic mass is 32.2. The monoisotopic (exact) mass is 291 g/mol. The number of nitrogens with one attached hydrogen (secondary N) is 2. The van der Waals surface area contributed by atoms with Gasteiger partial charge in [-0.25, -0.2) is 4.98 Å². The van der Waals surface area contributed by atoms with Crippen LogP contribution in [0.4, 0.5) is 0 Å². The SMILES string of the molecule is CC(NCCSc1nc2ccccc2[nH]1)C1CCCO1. The highest BCUT2D eigenvalue weighted by Gasteiger charge is 2.21. The van der Waals surface area contributed by atoms with Crippen LogP contribution in [0.2, 0.25) is 0 Å². The Morgan fingerprint density at radius 1 is 1.50 bits per heavy atom. The normalized spacial score (nSPS) is 20.6. The largest absolute Gasteiger partial charge is 0.377 e. The lowest BCUT2D eigenvalue weighted by Gasteiger charge is -2.19. The summed E-state index contributed by atoms with van der Waals surface area (Å²) in [5.74, 6) is 1.01. The van der Waals surface area contributed by atoms with Gasteiger partial charge in [-0.05, 0) is 31.9 Å². The number of para-hydroxylation sites is 2. The van der Waals surface area contributed by atoms with Crippen LogP contribution >= 0.6 is 11.8 Å². The van der Waals surface area contributed by atoms with Gasteiger partial charge >= 0.3 is 0 Å². The van der Waals surface area contributed by atoms with Gasteiger partial charge in [0.15, 0.2) is 5.16 Å². The van der Waals surface area contributed by atoms with Crippen molar-refractivity contribution in [2.24, 2.45) is 0 Å². The first-order chi connectivity index (χ1) is 9.83. The van der Waals surface area contributed by atoms with Gasteiger partial charge in [0, 0.05) is 24.9 Å². The molecule has 4 nitrogen and oxygen atoms in total. The predicted molar refractivity (Wildman–Crippen MR) is 83.3 cm³/mol. The number of imidazole rings is 1. The maximum atomic E-state index is 5.68. The molecule has 108 valence electrons. The number of hydrogen-bond acceptors (Lipinski definition) is 4. The molecule has 0 radical (unpaired) electrons. The minimum Gasteiger partial charge on any atom is -0.377 e. The molecule has 0 aliphatic carbocycles. The number of aromatic nitrogens is 2. The standard InChI is InChI=1S/C15H21N3OS/c1-11(14-7-4-9-19-14)16-8-10-20-15-17-12-5-2-3-6-13(12)18-15/h2-3,5-6,11,14,16H,4,7-10H2,1H3,(H,17,18). The summed E-state index contributed by atoms with van der Waals surface area (Å²) in [6.07, 6.45) is 2.78. The second-order valence-corrected chi connectivity index (χ2v) is 6.29. The van der Waals surface area contributed by atoms with E-state index in [1.165, 1.54) is 12.8 Å². The summed E-state index contributed by atoms with van der Waals surface area (Å²) in [7, 11) is 0. The molecule has 1 saturated heterocycles. The molecular formula is C15H21N3OS. The zero-order chi connectivity index (χ0) is 13.8. The summed E-state index contributed by atoms with van der Waals surface area (Å²) in [4.78, 5) is 7.90. The Kier molecular flexibility index (Phi) is 4.60. The Hall–Kier alpha value is -1.04. The van der Waals surface area contributed by atoms with Gasteiger partial charge in [0.25, 0.3) is 0 Å². The van der Waals surface area contributed by atoms with Gasteiger partial charge in [-0.2, -0.15) is 0 Å². The molecule has 1 aliphatic heterocycles. The summed E-state index contributed by atoms with van der Waals surface area (Å²) >= 11 is 1.76. The van der Waals surface area contributed by atoms with Crippen molar-refractivity contribution < 1.29 is 4.74 Å². The number of ether oxygens (including phenoxy) is 1. The fourth-order valence-corrected chi connectivity index (χ4v) is 3.32. The number of thioether (sulfide) groups is 1. The summed E-state index contributed by atoms with van der Waals surface area (Å²) in [5.41, 5.74) is 2.14. The summed E-state index contributed by atoms with van der Waals surface area (Å²) in [6, 6.07) is 8.58. The van der Waals surface area contributed by atoms with Crippen molar-refractivity contribution in [3.8, 4) is 0 Å². The average molecular weight is 291 g/mol. The first kappa shape index (κ1) is 13.9. The van der Waals surface area contributed by atoms with Crippen molar-refractivity contribution in [1.82, 2.24) is 15.3 Å². The van der Waals surface area contributed by atoms with Crippen LogP contribution in [0.15, 0.2) is 29.4 Å². The van der Waals surface area contributed by atoms with Crippen molar-refractivity contribution >= 4 is 22.8 Å². The lowest BCUT2D eigenvalue weighted by molar-refractivity contribution is 0.0844. The van der Waals surface area contributed by atoms with E-state index >= 15 is 0 Å². The molecule has 2 heterocycles. The van der Waals surface area contributed by atoms with Crippen molar-refractivity contribution in [1.29, 1.82) is 0 Å². The number of aromatic amines is 1. The third kappa shape index (κ3) is 3.34. The fourth-order valence-electron chi connectivity index (χ4n) is 2.56. The Labute approximate surface area is 123 Å². The topological polar surface area (TPSA) is 49.9 Å². The molecule has 1 aromatic carbocycles. The molecule has 1 aromatic heterocycles. The minimum atomic E-state index is 0.395. The highest BCUT2D eigenvalue weighted by Crippen LogP contribution is 2.19. The van der Waals surface area contributed by atoms with Crippen LogP contribution in [-0.4, -0.2) is 41.0 Å². The Morgan fingerprint density at radius 3 is 3.20 bits per heavy atom. The predicted octanol–water partition coefficient (Wildman–Crippen LogP) is 2.81. The Balaban J connectivity index is 1.43. The molecule has 2 atom stereocenters. The first-order valence-electron chi connectivity index (χ1n) is 7.25. The van der Waals surface area contributed by atoms with Crippen LogP contribution in [0, 0.1) is 0 Å². The smallest absolute Gasteiger partial charge is 0.166 e. The van der Waals surface area contributed by atoms with Gasteiger partial charge in [0.2, 0.25) is 0 Å². The second kappa shape index (κ2) is 6.61. The molecule has 0 amide bonds. The highest BCUT2D eigenvalue weighted by molar-refractivity contribution is 7.99. The third-order valence-corrected chi connectivity index (χ3v) is 4.57. The van der Waals surface area contributed by atoms with Crippen molar-refractivity contribution in [2.75, 3.05) is 18.9 Å². The number of fused-ring (bicyclic) bond motifs is 1. The number of nitrogens with zero attached hydrogens (tertiary/aromatic N) is 1. The molecule has 0 bridgehead atoms. The van der Waals surface area contributed by atoms with E-state index in [0.29, 0.717) is 12.1 Å². The number of benzene rings is 1. The maximum absolute atomic E-state index is 5.68. The van der Waals surface area contributed by atoms with Gasteiger partial charge in [-0.3, -0.25) is 0 Å². The van der Waals surface area contributed by atoms with Gasteiger partial charge in [-0.1, -0.05) is 23.9 Å². The number of hydrogen-bond donors (Lipinski definition) is 2. The summed E-state index contributed by atoms with van der Waals surface area (Å²) < 4.78 is 5.68. The number of H-pyrrole nitrogens is 1. The van der Waals surface area contributed by atoms with Crippen LogP contribution in [0.25, 0.3) is 11.0 Å². The Morgan fingerprint density at radius 2 is 2.40 bits per heavy atom. The van der Waals surface area contributed by atoms with E-state index in [0.717, 1.165) is 35.1 Å². The zero-order valence-corrected chi connectivity index (χ0v) is 12.6. The molecule has 0 saturated carbocycles. The third-order valence-electron chi connectivity index (χ3n) is 3.70. The molecule has 0 spiro atoms. The van der Waals surface area contributed by atoms with E-state index < -0.39 is 0 Å². The second-order valence-electron chi connectivity index (χ2n) is 5.20. The van der Waals surface area contributed by atoms with Crippen LogP contribution < -0.4 is 5.32 Å². The van der Waals surface area contributed by atoms with Crippen LogP contribution in [-0.2, 0) is 4.74 Å². The molecule has 1 aliphatic rings. The molecule has 3 rings (SSSR count). The summed E-state index contributed by atoms with van der Waals surface area (Å²) in [5, 5.41) is 4.54. The van der Waals surface area contributed by atoms with E-state index in [-0.39, 0.29) is 0 Å². The van der Waals surface area contributed by atoms with Gasteiger partial charge in [0.1, 0.15) is 0 Å². The maximum Gasteiger partial charge on any atom is 0.166 e. The van der Waals surface area contributed by atoms with Crippen LogP contribution in [0.1, 0.15) is 19.8 Å². The molecule has 20 heavy (non-hydrogen) atoms. The first-order valence-corrected chi connectivity index (χ1v) is 8.24. The van der Waals surface area contributed by atoms with Crippen molar-refractivity contribution in [2.45, 2.75) is 37.1 Å². The minimum absolute atomic E-state index is 0.395. The van der Waals surface area contributed by atoms with E-state index in [4.69, 9.17) is 4.74 Å². The van der Waals surface area contributed by atoms with Crippen LogP contribution in [0.3, 0.4) is 0 Å². The molecule has 5 heteroatoms. The lowest BCUT2D eigenvalue weighted by Crippen LogP contribution is -2.38. The zero-order valence-electron chi connectivity index (χ0n) is 11.8. The molecule has 2 aromatic rings. The van der Waals surface area contributed by atoms with Gasteiger partial charge in [0.05, 0.1) is 17.1 Å². The van der Waals surface area contributed by atoms with Crippen molar-refractivity contribution in [3.05, 3.63) is 24.3 Å². The van der Waals surface area contributed by atoms with Crippen molar-refractivity contribution in [3.63, 3.8) is 0 Å². The van der Waals surface area contributed by atoms with Crippen LogP contribution in [0.5, 0.6) is 0 Å². The molecule has 1 fully saturated rings.